The third-order valence-electron chi connectivity index (χ3n) is 3.86. The predicted octanol–water partition coefficient (Wildman–Crippen LogP) is 3.67. The first-order valence-corrected chi connectivity index (χ1v) is 7.95. The second kappa shape index (κ2) is 6.68. The van der Waals surface area contributed by atoms with Crippen LogP contribution in [0.15, 0.2) is 54.9 Å². The van der Waals surface area contributed by atoms with Crippen molar-refractivity contribution >= 4 is 11.5 Å². The van der Waals surface area contributed by atoms with Crippen LogP contribution in [0.25, 0.3) is 11.1 Å². The van der Waals surface area contributed by atoms with Gasteiger partial charge in [-0.2, -0.15) is 0 Å². The molecule has 0 unspecified atom stereocenters. The van der Waals surface area contributed by atoms with E-state index in [-0.39, 0.29) is 0 Å². The van der Waals surface area contributed by atoms with E-state index in [1.54, 1.807) is 13.3 Å². The molecule has 0 radical (unpaired) electrons. The molecule has 0 fully saturated rings. The van der Waals surface area contributed by atoms with Crippen molar-refractivity contribution in [2.45, 2.75) is 0 Å². The van der Waals surface area contributed by atoms with E-state index < -0.39 is 0 Å². The van der Waals surface area contributed by atoms with Gasteiger partial charge in [0, 0.05) is 41.3 Å². The summed E-state index contributed by atoms with van der Waals surface area (Å²) in [6.07, 6.45) is 3.58. The summed E-state index contributed by atoms with van der Waals surface area (Å²) in [5.74, 6) is 2.86. The van der Waals surface area contributed by atoms with Gasteiger partial charge >= 0.3 is 0 Å². The van der Waals surface area contributed by atoms with Gasteiger partial charge in [-0.25, -0.2) is 9.97 Å². The van der Waals surface area contributed by atoms with Crippen molar-refractivity contribution in [3.63, 3.8) is 0 Å². The van der Waals surface area contributed by atoms with Crippen molar-refractivity contribution in [2.24, 2.45) is 0 Å². The van der Waals surface area contributed by atoms with E-state index in [4.69, 9.17) is 14.2 Å². The fourth-order valence-corrected chi connectivity index (χ4v) is 2.58. The van der Waals surface area contributed by atoms with Gasteiger partial charge in [-0.15, -0.1) is 0 Å². The van der Waals surface area contributed by atoms with E-state index in [1.165, 1.54) is 0 Å². The van der Waals surface area contributed by atoms with Crippen molar-refractivity contribution in [1.29, 1.82) is 0 Å². The summed E-state index contributed by atoms with van der Waals surface area (Å²) in [5.41, 5.74) is 2.87. The average Bonchev–Trinajstić information content (AvgIpc) is 2.69. The highest BCUT2D eigenvalue weighted by atomic mass is 16.6. The predicted molar refractivity (Wildman–Crippen MR) is 94.7 cm³/mol. The molecule has 126 valence electrons. The molecule has 0 amide bonds. The Morgan fingerprint density at radius 2 is 1.64 bits per heavy atom. The van der Waals surface area contributed by atoms with E-state index in [9.17, 15) is 0 Å². The summed E-state index contributed by atoms with van der Waals surface area (Å²) >= 11 is 0. The Kier molecular flexibility index (Phi) is 4.08. The molecule has 3 aromatic rings. The van der Waals surface area contributed by atoms with E-state index in [0.29, 0.717) is 19.1 Å². The molecular weight excluding hydrogens is 318 g/mol. The quantitative estimate of drug-likeness (QED) is 0.785. The topological polar surface area (TPSA) is 65.5 Å². The summed E-state index contributed by atoms with van der Waals surface area (Å²) in [6.45, 7) is 1.16. The smallest absolute Gasteiger partial charge is 0.212 e. The van der Waals surface area contributed by atoms with Crippen LogP contribution >= 0.6 is 0 Å². The van der Waals surface area contributed by atoms with Crippen molar-refractivity contribution in [3.05, 3.63) is 54.9 Å². The highest BCUT2D eigenvalue weighted by Gasteiger charge is 2.11. The van der Waals surface area contributed by atoms with Gasteiger partial charge in [0.1, 0.15) is 19.0 Å². The number of ether oxygens (including phenoxy) is 3. The summed E-state index contributed by atoms with van der Waals surface area (Å²) in [6, 6.07) is 13.5. The van der Waals surface area contributed by atoms with Gasteiger partial charge in [0.05, 0.1) is 7.11 Å². The number of rotatable bonds is 4. The maximum Gasteiger partial charge on any atom is 0.212 e. The molecule has 1 aliphatic heterocycles. The third kappa shape index (κ3) is 3.33. The Labute approximate surface area is 145 Å². The molecule has 2 aromatic heterocycles. The van der Waals surface area contributed by atoms with Gasteiger partial charge < -0.3 is 19.5 Å². The molecule has 4 rings (SSSR count). The zero-order chi connectivity index (χ0) is 17.1. The number of aromatic nitrogens is 2. The van der Waals surface area contributed by atoms with E-state index in [0.717, 1.165) is 34.1 Å². The van der Waals surface area contributed by atoms with E-state index in [2.05, 4.69) is 15.3 Å². The fourth-order valence-electron chi connectivity index (χ4n) is 2.58. The van der Waals surface area contributed by atoms with Crippen molar-refractivity contribution in [3.8, 4) is 28.5 Å². The number of hydrogen-bond acceptors (Lipinski definition) is 6. The second-order valence-corrected chi connectivity index (χ2v) is 5.50. The average molecular weight is 335 g/mol. The molecule has 0 saturated carbocycles. The minimum atomic E-state index is 0.569. The number of methoxy groups -OCH3 is 1. The van der Waals surface area contributed by atoms with Gasteiger partial charge in [-0.3, -0.25) is 0 Å². The van der Waals surface area contributed by atoms with Gasteiger partial charge in [0.25, 0.3) is 0 Å². The number of nitrogens with one attached hydrogen (secondary N) is 1. The molecule has 1 N–H and O–H groups in total. The van der Waals surface area contributed by atoms with Crippen molar-refractivity contribution < 1.29 is 14.2 Å². The number of pyridine rings is 2. The fraction of sp³-hybridized carbons (Fsp3) is 0.158. The number of fused-ring (bicyclic) bond motifs is 1. The number of anilines is 2. The molecule has 1 aromatic carbocycles. The summed E-state index contributed by atoms with van der Waals surface area (Å²) in [5, 5.41) is 3.27. The Morgan fingerprint density at radius 3 is 2.32 bits per heavy atom. The van der Waals surface area contributed by atoms with Crippen LogP contribution in [0.1, 0.15) is 0 Å². The van der Waals surface area contributed by atoms with Crippen LogP contribution in [0.5, 0.6) is 17.4 Å². The van der Waals surface area contributed by atoms with Gasteiger partial charge in [0.2, 0.25) is 5.88 Å². The Bertz CT molecular complexity index is 864. The van der Waals surface area contributed by atoms with Gasteiger partial charge in [-0.05, 0) is 30.3 Å². The van der Waals surface area contributed by atoms with Crippen LogP contribution in [-0.2, 0) is 0 Å². The lowest BCUT2D eigenvalue weighted by Crippen LogP contribution is -2.15. The van der Waals surface area contributed by atoms with Gasteiger partial charge in [0.15, 0.2) is 11.5 Å². The maximum atomic E-state index is 5.60. The van der Waals surface area contributed by atoms with Gasteiger partial charge in [-0.1, -0.05) is 0 Å². The van der Waals surface area contributed by atoms with E-state index in [1.807, 2.05) is 48.7 Å². The minimum Gasteiger partial charge on any atom is -0.486 e. The monoisotopic (exact) mass is 335 g/mol. The lowest BCUT2D eigenvalue weighted by molar-refractivity contribution is 0.171. The summed E-state index contributed by atoms with van der Waals surface area (Å²) < 4.78 is 16.2. The second-order valence-electron chi connectivity index (χ2n) is 5.50. The molecule has 0 spiro atoms. The standard InChI is InChI=1S/C19H17N3O3/c1-23-19-7-3-14(12-21-19)13-2-6-18(20-11-13)22-15-4-5-16-17(10-15)25-9-8-24-16/h2-7,10-12H,8-9H2,1H3,(H,20,22). The highest BCUT2D eigenvalue weighted by Crippen LogP contribution is 2.33. The van der Waals surface area contributed by atoms with E-state index >= 15 is 0 Å². The first-order valence-electron chi connectivity index (χ1n) is 7.95. The van der Waals surface area contributed by atoms with Crippen LogP contribution in [0.4, 0.5) is 11.5 Å². The number of nitrogens with zero attached hydrogens (tertiary/aromatic N) is 2. The largest absolute Gasteiger partial charge is 0.486 e. The molecule has 0 aliphatic carbocycles. The lowest BCUT2D eigenvalue weighted by Gasteiger charge is -2.19. The normalized spacial score (nSPS) is 12.5. The Hall–Kier alpha value is -3.28. The summed E-state index contributed by atoms with van der Waals surface area (Å²) in [7, 11) is 1.60. The van der Waals surface area contributed by atoms with Crippen molar-refractivity contribution in [2.75, 3.05) is 25.6 Å². The zero-order valence-corrected chi connectivity index (χ0v) is 13.7. The molecule has 0 saturated heterocycles. The zero-order valence-electron chi connectivity index (χ0n) is 13.7. The van der Waals surface area contributed by atoms with Crippen LogP contribution in [-0.4, -0.2) is 30.3 Å². The first-order chi connectivity index (χ1) is 12.3. The Balaban J connectivity index is 1.50. The maximum absolute atomic E-state index is 5.60. The Morgan fingerprint density at radius 1 is 0.880 bits per heavy atom. The highest BCUT2D eigenvalue weighted by molar-refractivity contribution is 5.66. The molecule has 1 aliphatic rings. The third-order valence-corrected chi connectivity index (χ3v) is 3.86. The van der Waals surface area contributed by atoms with Crippen LogP contribution in [0.2, 0.25) is 0 Å². The van der Waals surface area contributed by atoms with Crippen LogP contribution in [0, 0.1) is 0 Å². The lowest BCUT2D eigenvalue weighted by atomic mass is 10.1. The molecule has 0 bridgehead atoms. The molecule has 6 heteroatoms. The molecule has 0 atom stereocenters. The summed E-state index contributed by atoms with van der Waals surface area (Å²) in [4.78, 5) is 8.68. The van der Waals surface area contributed by atoms with Crippen LogP contribution in [0.3, 0.4) is 0 Å². The number of hydrogen-bond donors (Lipinski definition) is 1. The number of benzene rings is 1. The molecule has 25 heavy (non-hydrogen) atoms. The molecule has 3 heterocycles. The van der Waals surface area contributed by atoms with Crippen molar-refractivity contribution in [1.82, 2.24) is 9.97 Å². The minimum absolute atomic E-state index is 0.569. The molecular formula is C19H17N3O3. The van der Waals surface area contributed by atoms with Crippen LogP contribution < -0.4 is 19.5 Å². The first kappa shape index (κ1) is 15.3. The molecule has 6 nitrogen and oxygen atoms in total. The SMILES string of the molecule is COc1ccc(-c2ccc(Nc3ccc4c(c3)OCCO4)nc2)cn1.